The van der Waals surface area contributed by atoms with Crippen molar-refractivity contribution >= 4 is 33.1 Å². The number of hydrogen-bond acceptors (Lipinski definition) is 5. The second-order valence-electron chi connectivity index (χ2n) is 7.65. The minimum Gasteiger partial charge on any atom is -0.368 e. The quantitative estimate of drug-likeness (QED) is 0.467. The van der Waals surface area contributed by atoms with Gasteiger partial charge in [-0.1, -0.05) is 42.0 Å². The van der Waals surface area contributed by atoms with E-state index in [0.717, 1.165) is 36.8 Å². The van der Waals surface area contributed by atoms with Crippen molar-refractivity contribution in [3.05, 3.63) is 71.4 Å². The lowest BCUT2D eigenvalue weighted by molar-refractivity contribution is 0.649. The van der Waals surface area contributed by atoms with Gasteiger partial charge in [0.2, 0.25) is 0 Å². The van der Waals surface area contributed by atoms with Crippen LogP contribution in [-0.4, -0.2) is 36.1 Å². The molecule has 5 heteroatoms. The summed E-state index contributed by atoms with van der Waals surface area (Å²) in [5.74, 6) is 1.07. The Balaban J connectivity index is 1.49. The summed E-state index contributed by atoms with van der Waals surface area (Å²) in [5, 5.41) is 3.43. The van der Waals surface area contributed by atoms with Gasteiger partial charge in [-0.25, -0.2) is 9.97 Å². The zero-order chi connectivity index (χ0) is 19.8. The van der Waals surface area contributed by atoms with Gasteiger partial charge in [0.15, 0.2) is 0 Å². The maximum atomic E-state index is 4.74. The zero-order valence-corrected chi connectivity index (χ0v) is 17.6. The maximum Gasteiger partial charge on any atom is 0.141 e. The van der Waals surface area contributed by atoms with Crippen molar-refractivity contribution in [2.45, 2.75) is 13.8 Å². The SMILES string of the molecule is Cc1ccc(-c2csc3ncnc(N4CCN(c5ccccc5)CC4)c23)c(C)c1. The monoisotopic (exact) mass is 400 g/mol. The van der Waals surface area contributed by atoms with Crippen molar-refractivity contribution in [1.82, 2.24) is 9.97 Å². The van der Waals surface area contributed by atoms with Crippen LogP contribution in [0.3, 0.4) is 0 Å². The molecule has 5 rings (SSSR count). The molecule has 0 saturated carbocycles. The predicted octanol–water partition coefficient (Wildman–Crippen LogP) is 5.30. The third-order valence-corrected chi connectivity index (χ3v) is 6.61. The van der Waals surface area contributed by atoms with Gasteiger partial charge in [-0.3, -0.25) is 0 Å². The van der Waals surface area contributed by atoms with Crippen molar-refractivity contribution in [1.29, 1.82) is 0 Å². The van der Waals surface area contributed by atoms with E-state index in [4.69, 9.17) is 4.98 Å². The molecule has 0 spiro atoms. The number of piperazine rings is 1. The van der Waals surface area contributed by atoms with Gasteiger partial charge in [0.1, 0.15) is 17.0 Å². The van der Waals surface area contributed by atoms with Gasteiger partial charge >= 0.3 is 0 Å². The van der Waals surface area contributed by atoms with Crippen LogP contribution >= 0.6 is 11.3 Å². The number of nitrogens with zero attached hydrogens (tertiary/aromatic N) is 4. The van der Waals surface area contributed by atoms with Gasteiger partial charge < -0.3 is 9.80 Å². The lowest BCUT2D eigenvalue weighted by Gasteiger charge is -2.37. The Kier molecular flexibility index (Phi) is 4.68. The van der Waals surface area contributed by atoms with Crippen LogP contribution in [0, 0.1) is 13.8 Å². The van der Waals surface area contributed by atoms with E-state index in [1.165, 1.54) is 33.3 Å². The molecular weight excluding hydrogens is 376 g/mol. The minimum absolute atomic E-state index is 0.961. The number of rotatable bonds is 3. The van der Waals surface area contributed by atoms with E-state index in [-0.39, 0.29) is 0 Å². The summed E-state index contributed by atoms with van der Waals surface area (Å²) >= 11 is 1.71. The summed E-state index contributed by atoms with van der Waals surface area (Å²) in [6, 6.07) is 17.3. The molecule has 1 aliphatic heterocycles. The highest BCUT2D eigenvalue weighted by Crippen LogP contribution is 2.39. The standard InChI is InChI=1S/C24H24N4S/c1-17-8-9-20(18(2)14-17)21-15-29-24-22(21)23(25-16-26-24)28-12-10-27(11-13-28)19-6-4-3-5-7-19/h3-9,14-16H,10-13H2,1-2H3. The van der Waals surface area contributed by atoms with Crippen LogP contribution in [0.15, 0.2) is 60.2 Å². The molecule has 0 aliphatic carbocycles. The lowest BCUT2D eigenvalue weighted by atomic mass is 9.99. The van der Waals surface area contributed by atoms with E-state index in [2.05, 4.69) is 82.5 Å². The Morgan fingerprint density at radius 1 is 0.828 bits per heavy atom. The van der Waals surface area contributed by atoms with Crippen LogP contribution in [0.2, 0.25) is 0 Å². The average molecular weight is 401 g/mol. The van der Waals surface area contributed by atoms with Crippen molar-refractivity contribution in [2.24, 2.45) is 0 Å². The van der Waals surface area contributed by atoms with E-state index in [0.29, 0.717) is 0 Å². The van der Waals surface area contributed by atoms with Crippen LogP contribution in [-0.2, 0) is 0 Å². The average Bonchev–Trinajstić information content (AvgIpc) is 3.19. The molecule has 0 radical (unpaired) electrons. The largest absolute Gasteiger partial charge is 0.368 e. The predicted molar refractivity (Wildman–Crippen MR) is 123 cm³/mol. The van der Waals surface area contributed by atoms with E-state index in [9.17, 15) is 0 Å². The molecule has 0 N–H and O–H groups in total. The van der Waals surface area contributed by atoms with Crippen LogP contribution in [0.4, 0.5) is 11.5 Å². The molecule has 0 amide bonds. The molecule has 146 valence electrons. The van der Waals surface area contributed by atoms with E-state index in [1.807, 2.05) is 0 Å². The number of hydrogen-bond donors (Lipinski definition) is 0. The number of fused-ring (bicyclic) bond motifs is 1. The van der Waals surface area contributed by atoms with Gasteiger partial charge in [0, 0.05) is 42.8 Å². The van der Waals surface area contributed by atoms with Gasteiger partial charge in [-0.2, -0.15) is 0 Å². The van der Waals surface area contributed by atoms with Crippen molar-refractivity contribution in [2.75, 3.05) is 36.0 Å². The smallest absolute Gasteiger partial charge is 0.141 e. The maximum absolute atomic E-state index is 4.74. The molecular formula is C24H24N4S. The fourth-order valence-corrected chi connectivity index (χ4v) is 5.13. The molecule has 1 aliphatic rings. The topological polar surface area (TPSA) is 32.3 Å². The van der Waals surface area contributed by atoms with E-state index >= 15 is 0 Å². The number of thiophene rings is 1. The highest BCUT2D eigenvalue weighted by Gasteiger charge is 2.23. The Labute approximate surface area is 175 Å². The first-order valence-electron chi connectivity index (χ1n) is 10.1. The number of aromatic nitrogens is 2. The number of aryl methyl sites for hydroxylation is 2. The Morgan fingerprint density at radius 3 is 2.34 bits per heavy atom. The number of benzene rings is 2. The van der Waals surface area contributed by atoms with Gasteiger partial charge in [-0.15, -0.1) is 11.3 Å². The third kappa shape index (κ3) is 3.36. The minimum atomic E-state index is 0.961. The summed E-state index contributed by atoms with van der Waals surface area (Å²) in [7, 11) is 0. The van der Waals surface area contributed by atoms with Crippen LogP contribution in [0.5, 0.6) is 0 Å². The second kappa shape index (κ2) is 7.48. The normalized spacial score (nSPS) is 14.6. The molecule has 0 atom stereocenters. The van der Waals surface area contributed by atoms with Gasteiger partial charge in [-0.05, 0) is 37.1 Å². The molecule has 3 heterocycles. The molecule has 4 nitrogen and oxygen atoms in total. The summed E-state index contributed by atoms with van der Waals surface area (Å²) in [6.45, 7) is 8.25. The molecule has 1 saturated heterocycles. The summed E-state index contributed by atoms with van der Waals surface area (Å²) in [4.78, 5) is 15.2. The molecule has 4 aromatic rings. The Bertz CT molecular complexity index is 1140. The number of anilines is 2. The van der Waals surface area contributed by atoms with Crippen molar-refractivity contribution < 1.29 is 0 Å². The fourth-order valence-electron chi connectivity index (χ4n) is 4.23. The number of para-hydroxylation sites is 1. The highest BCUT2D eigenvalue weighted by atomic mass is 32.1. The van der Waals surface area contributed by atoms with E-state index in [1.54, 1.807) is 17.7 Å². The summed E-state index contributed by atoms with van der Waals surface area (Å²) < 4.78 is 0. The van der Waals surface area contributed by atoms with Crippen LogP contribution < -0.4 is 9.80 Å². The molecule has 1 fully saturated rings. The van der Waals surface area contributed by atoms with Crippen molar-refractivity contribution in [3.63, 3.8) is 0 Å². The second-order valence-corrected chi connectivity index (χ2v) is 8.51. The lowest BCUT2D eigenvalue weighted by Crippen LogP contribution is -2.46. The summed E-state index contributed by atoms with van der Waals surface area (Å²) in [5.41, 5.74) is 6.42. The van der Waals surface area contributed by atoms with Crippen LogP contribution in [0.25, 0.3) is 21.3 Å². The molecule has 2 aromatic heterocycles. The molecule has 0 bridgehead atoms. The Hall–Kier alpha value is -2.92. The van der Waals surface area contributed by atoms with Gasteiger partial charge in [0.25, 0.3) is 0 Å². The summed E-state index contributed by atoms with van der Waals surface area (Å²) in [6.07, 6.45) is 1.71. The zero-order valence-electron chi connectivity index (χ0n) is 16.8. The first-order chi connectivity index (χ1) is 14.2. The molecule has 29 heavy (non-hydrogen) atoms. The van der Waals surface area contributed by atoms with Gasteiger partial charge in [0.05, 0.1) is 5.39 Å². The fraction of sp³-hybridized carbons (Fsp3) is 0.250. The first-order valence-corrected chi connectivity index (χ1v) is 10.9. The van der Waals surface area contributed by atoms with E-state index < -0.39 is 0 Å². The van der Waals surface area contributed by atoms with Crippen LogP contribution in [0.1, 0.15) is 11.1 Å². The third-order valence-electron chi connectivity index (χ3n) is 5.72. The Morgan fingerprint density at radius 2 is 1.59 bits per heavy atom. The molecule has 2 aromatic carbocycles. The van der Waals surface area contributed by atoms with Crippen molar-refractivity contribution in [3.8, 4) is 11.1 Å². The highest BCUT2D eigenvalue weighted by molar-refractivity contribution is 7.17. The molecule has 0 unspecified atom stereocenters. The first kappa shape index (κ1) is 18.1.